The van der Waals surface area contributed by atoms with E-state index in [4.69, 9.17) is 0 Å². The SMILES string of the molecule is CCOC(=O)/C=C/[C@@H](O)c1cccc([N+](=O)[O-])c1. The Balaban J connectivity index is 2.78. The molecule has 0 aliphatic carbocycles. The summed E-state index contributed by atoms with van der Waals surface area (Å²) in [5, 5.41) is 20.3. The summed E-state index contributed by atoms with van der Waals surface area (Å²) >= 11 is 0. The van der Waals surface area contributed by atoms with Gasteiger partial charge in [-0.25, -0.2) is 4.79 Å². The van der Waals surface area contributed by atoms with Crippen LogP contribution >= 0.6 is 0 Å². The number of hydrogen-bond donors (Lipinski definition) is 1. The fourth-order valence-electron chi connectivity index (χ4n) is 1.29. The van der Waals surface area contributed by atoms with Crippen molar-refractivity contribution in [2.45, 2.75) is 13.0 Å². The summed E-state index contributed by atoms with van der Waals surface area (Å²) in [5.41, 5.74) is 0.223. The van der Waals surface area contributed by atoms with Gasteiger partial charge in [-0.3, -0.25) is 10.1 Å². The van der Waals surface area contributed by atoms with Crippen molar-refractivity contribution in [1.82, 2.24) is 0 Å². The maximum Gasteiger partial charge on any atom is 0.330 e. The van der Waals surface area contributed by atoms with Gasteiger partial charge in [-0.2, -0.15) is 0 Å². The molecule has 1 aromatic rings. The monoisotopic (exact) mass is 251 g/mol. The Morgan fingerprint density at radius 2 is 2.33 bits per heavy atom. The fourth-order valence-corrected chi connectivity index (χ4v) is 1.29. The lowest BCUT2D eigenvalue weighted by Gasteiger charge is -2.05. The van der Waals surface area contributed by atoms with Gasteiger partial charge in [0, 0.05) is 18.2 Å². The molecule has 6 nitrogen and oxygen atoms in total. The summed E-state index contributed by atoms with van der Waals surface area (Å²) in [6.07, 6.45) is 1.22. The summed E-state index contributed by atoms with van der Waals surface area (Å²) in [7, 11) is 0. The summed E-state index contributed by atoms with van der Waals surface area (Å²) in [4.78, 5) is 21.0. The van der Waals surface area contributed by atoms with Crippen molar-refractivity contribution >= 4 is 11.7 Å². The lowest BCUT2D eigenvalue weighted by molar-refractivity contribution is -0.385. The van der Waals surface area contributed by atoms with E-state index in [1.54, 1.807) is 6.92 Å². The molecule has 0 spiro atoms. The summed E-state index contributed by atoms with van der Waals surface area (Å²) in [5.74, 6) is -0.568. The molecule has 0 bridgehead atoms. The number of rotatable bonds is 5. The zero-order chi connectivity index (χ0) is 13.5. The molecule has 0 saturated heterocycles. The Morgan fingerprint density at radius 3 is 2.94 bits per heavy atom. The molecule has 0 aromatic heterocycles. The molecule has 1 rings (SSSR count). The molecule has 0 radical (unpaired) electrons. The molecule has 6 heteroatoms. The molecule has 1 aromatic carbocycles. The molecular formula is C12H13NO5. The van der Waals surface area contributed by atoms with Gasteiger partial charge in [-0.1, -0.05) is 12.1 Å². The van der Waals surface area contributed by atoms with Crippen LogP contribution in [0.3, 0.4) is 0 Å². The van der Waals surface area contributed by atoms with Crippen molar-refractivity contribution in [3.63, 3.8) is 0 Å². The normalized spacial score (nSPS) is 12.3. The number of esters is 1. The van der Waals surface area contributed by atoms with Crippen molar-refractivity contribution in [3.05, 3.63) is 52.1 Å². The summed E-state index contributed by atoms with van der Waals surface area (Å²) in [6.45, 7) is 1.92. The highest BCUT2D eigenvalue weighted by Gasteiger charge is 2.10. The number of benzene rings is 1. The topological polar surface area (TPSA) is 89.7 Å². The van der Waals surface area contributed by atoms with Gasteiger partial charge in [0.15, 0.2) is 0 Å². The van der Waals surface area contributed by atoms with Gasteiger partial charge in [0.1, 0.15) is 0 Å². The standard InChI is InChI=1S/C12H13NO5/c1-2-18-12(15)7-6-11(14)9-4-3-5-10(8-9)13(16)17/h3-8,11,14H,2H2,1H3/b7-6+/t11-/m1/s1. The molecule has 0 aliphatic rings. The molecule has 1 N–H and O–H groups in total. The average Bonchev–Trinajstić information content (AvgIpc) is 2.36. The van der Waals surface area contributed by atoms with Crippen LogP contribution in [0.4, 0.5) is 5.69 Å². The molecule has 0 fully saturated rings. The third-order valence-corrected chi connectivity index (χ3v) is 2.12. The van der Waals surface area contributed by atoms with Gasteiger partial charge in [0.25, 0.3) is 5.69 Å². The van der Waals surface area contributed by atoms with Crippen LogP contribution in [0, 0.1) is 10.1 Å². The van der Waals surface area contributed by atoms with Gasteiger partial charge in [0.05, 0.1) is 17.6 Å². The highest BCUT2D eigenvalue weighted by Crippen LogP contribution is 2.19. The number of aliphatic hydroxyl groups excluding tert-OH is 1. The molecule has 0 unspecified atom stereocenters. The number of hydrogen-bond acceptors (Lipinski definition) is 5. The number of aliphatic hydroxyl groups is 1. The van der Waals surface area contributed by atoms with Gasteiger partial charge in [-0.05, 0) is 18.6 Å². The van der Waals surface area contributed by atoms with Gasteiger partial charge >= 0.3 is 5.97 Å². The molecule has 0 amide bonds. The maximum atomic E-state index is 11.0. The summed E-state index contributed by atoms with van der Waals surface area (Å²) in [6, 6.07) is 5.58. The van der Waals surface area contributed by atoms with Crippen molar-refractivity contribution in [1.29, 1.82) is 0 Å². The molecule has 96 valence electrons. The first-order chi connectivity index (χ1) is 8.54. The third-order valence-electron chi connectivity index (χ3n) is 2.12. The minimum absolute atomic E-state index is 0.115. The van der Waals surface area contributed by atoms with Crippen molar-refractivity contribution in [2.24, 2.45) is 0 Å². The predicted molar refractivity (Wildman–Crippen MR) is 63.8 cm³/mol. The zero-order valence-corrected chi connectivity index (χ0v) is 9.78. The van der Waals surface area contributed by atoms with Crippen LogP contribution < -0.4 is 0 Å². The van der Waals surface area contributed by atoms with E-state index >= 15 is 0 Å². The van der Waals surface area contributed by atoms with E-state index in [1.165, 1.54) is 30.3 Å². The number of nitrogens with zero attached hydrogens (tertiary/aromatic N) is 1. The van der Waals surface area contributed by atoms with Crippen molar-refractivity contribution in [2.75, 3.05) is 6.61 Å². The number of carbonyl (C=O) groups is 1. The minimum atomic E-state index is -1.09. The molecule has 0 saturated carbocycles. The van der Waals surface area contributed by atoms with Crippen LogP contribution in [0.2, 0.25) is 0 Å². The van der Waals surface area contributed by atoms with E-state index in [2.05, 4.69) is 4.74 Å². The lowest BCUT2D eigenvalue weighted by Crippen LogP contribution is -2.01. The first-order valence-corrected chi connectivity index (χ1v) is 5.32. The highest BCUT2D eigenvalue weighted by molar-refractivity contribution is 5.82. The van der Waals surface area contributed by atoms with Gasteiger partial charge < -0.3 is 9.84 Å². The number of nitro groups is 1. The lowest BCUT2D eigenvalue weighted by atomic mass is 10.1. The van der Waals surface area contributed by atoms with Crippen LogP contribution in [0.25, 0.3) is 0 Å². The van der Waals surface area contributed by atoms with E-state index in [0.717, 1.165) is 6.08 Å². The van der Waals surface area contributed by atoms with Crippen molar-refractivity contribution in [3.8, 4) is 0 Å². The van der Waals surface area contributed by atoms with Crippen molar-refractivity contribution < 1.29 is 19.6 Å². The first-order valence-electron chi connectivity index (χ1n) is 5.32. The second-order valence-corrected chi connectivity index (χ2v) is 3.41. The van der Waals surface area contributed by atoms with Gasteiger partial charge in [-0.15, -0.1) is 0 Å². The predicted octanol–water partition coefficient (Wildman–Crippen LogP) is 1.75. The minimum Gasteiger partial charge on any atom is -0.463 e. The quantitative estimate of drug-likeness (QED) is 0.372. The Bertz CT molecular complexity index is 469. The smallest absolute Gasteiger partial charge is 0.330 e. The Labute approximate surface area is 104 Å². The van der Waals surface area contributed by atoms with Crippen LogP contribution in [-0.4, -0.2) is 22.6 Å². The van der Waals surface area contributed by atoms with E-state index in [1.807, 2.05) is 0 Å². The number of nitro benzene ring substituents is 1. The second kappa shape index (κ2) is 6.51. The molecular weight excluding hydrogens is 238 g/mol. The first kappa shape index (κ1) is 13.9. The van der Waals surface area contributed by atoms with E-state index in [-0.39, 0.29) is 12.3 Å². The number of ether oxygens (including phenoxy) is 1. The largest absolute Gasteiger partial charge is 0.463 e. The molecule has 18 heavy (non-hydrogen) atoms. The zero-order valence-electron chi connectivity index (χ0n) is 9.78. The Kier molecular flexibility index (Phi) is 5.01. The molecule has 1 atom stereocenters. The number of non-ortho nitro benzene ring substituents is 1. The number of carbonyl (C=O) groups excluding carboxylic acids is 1. The average molecular weight is 251 g/mol. The van der Waals surface area contributed by atoms with Crippen LogP contribution in [0.15, 0.2) is 36.4 Å². The Hall–Kier alpha value is -2.21. The van der Waals surface area contributed by atoms with E-state index < -0.39 is 17.0 Å². The van der Waals surface area contributed by atoms with Crippen LogP contribution in [0.1, 0.15) is 18.6 Å². The van der Waals surface area contributed by atoms with Gasteiger partial charge in [0.2, 0.25) is 0 Å². The van der Waals surface area contributed by atoms with Crippen LogP contribution in [0.5, 0.6) is 0 Å². The van der Waals surface area contributed by atoms with E-state index in [9.17, 15) is 20.0 Å². The third kappa shape index (κ3) is 3.99. The maximum absolute atomic E-state index is 11.0. The second-order valence-electron chi connectivity index (χ2n) is 3.41. The highest BCUT2D eigenvalue weighted by atomic mass is 16.6. The summed E-state index contributed by atoms with van der Waals surface area (Å²) < 4.78 is 4.65. The van der Waals surface area contributed by atoms with E-state index in [0.29, 0.717) is 5.56 Å². The molecule has 0 aliphatic heterocycles. The molecule has 0 heterocycles. The fraction of sp³-hybridized carbons (Fsp3) is 0.250. The Morgan fingerprint density at radius 1 is 1.61 bits per heavy atom. The van der Waals surface area contributed by atoms with Crippen LogP contribution in [-0.2, 0) is 9.53 Å².